The third-order valence-corrected chi connectivity index (χ3v) is 7.39. The van der Waals surface area contributed by atoms with E-state index < -0.39 is 0 Å². The summed E-state index contributed by atoms with van der Waals surface area (Å²) in [6.45, 7) is 5.01. The van der Waals surface area contributed by atoms with E-state index in [1.807, 2.05) is 72.9 Å². The van der Waals surface area contributed by atoms with E-state index in [2.05, 4.69) is 30.7 Å². The fourth-order valence-electron chi connectivity index (χ4n) is 4.81. The number of fused-ring (bicyclic) bond motifs is 2. The molecule has 0 radical (unpaired) electrons. The first kappa shape index (κ1) is 24.6. The summed E-state index contributed by atoms with van der Waals surface area (Å²) in [5, 5.41) is 0.524. The Labute approximate surface area is 228 Å². The molecule has 0 atom stereocenters. The van der Waals surface area contributed by atoms with Crippen molar-refractivity contribution >= 4 is 43.8 Å². The zero-order valence-electron chi connectivity index (χ0n) is 20.8. The molecule has 0 spiro atoms. The Morgan fingerprint density at radius 3 is 2.45 bits per heavy atom. The normalized spacial score (nSPS) is 14.3. The molecule has 0 bridgehead atoms. The molecule has 6 rings (SSSR count). The van der Waals surface area contributed by atoms with Gasteiger partial charge in [0.15, 0.2) is 5.76 Å². The minimum absolute atomic E-state index is 0.144. The molecule has 3 aromatic carbocycles. The molecule has 0 aliphatic carbocycles. The summed E-state index contributed by atoms with van der Waals surface area (Å²) < 4.78 is 13.2. The number of rotatable bonds is 7. The lowest BCUT2D eigenvalue weighted by Gasteiger charge is -2.35. The lowest BCUT2D eigenvalue weighted by molar-refractivity contribution is 0.223. The van der Waals surface area contributed by atoms with E-state index in [9.17, 15) is 4.79 Å². The highest BCUT2D eigenvalue weighted by molar-refractivity contribution is 9.10. The topological polar surface area (TPSA) is 71.7 Å². The zero-order valence-corrected chi connectivity index (χ0v) is 22.4. The molecular weight excluding hydrogens is 544 g/mol. The van der Waals surface area contributed by atoms with E-state index >= 15 is 0 Å². The SMILES string of the molecule is O=c1c(OCCCN2CCN(c3cnc4ccccc4n3)CC2)c(-c2ccc(Br)cc2)oc2ccccc12. The highest BCUT2D eigenvalue weighted by Gasteiger charge is 2.20. The average molecular weight is 571 g/mol. The second-order valence-electron chi connectivity index (χ2n) is 9.34. The monoisotopic (exact) mass is 570 g/mol. The van der Waals surface area contributed by atoms with E-state index in [0.29, 0.717) is 23.3 Å². The third-order valence-electron chi connectivity index (χ3n) is 6.86. The smallest absolute Gasteiger partial charge is 0.235 e. The molecule has 1 fully saturated rings. The minimum Gasteiger partial charge on any atom is -0.486 e. The van der Waals surface area contributed by atoms with E-state index in [1.165, 1.54) is 0 Å². The average Bonchev–Trinajstić information content (AvgIpc) is 2.97. The molecule has 3 heterocycles. The fourth-order valence-corrected chi connectivity index (χ4v) is 5.07. The van der Waals surface area contributed by atoms with Crippen LogP contribution < -0.4 is 15.1 Å². The van der Waals surface area contributed by atoms with Crippen LogP contribution in [0.15, 0.2) is 92.7 Å². The fraction of sp³-hybridized carbons (Fsp3) is 0.233. The summed E-state index contributed by atoms with van der Waals surface area (Å²) >= 11 is 3.47. The van der Waals surface area contributed by atoms with Gasteiger partial charge in [-0.1, -0.05) is 40.2 Å². The van der Waals surface area contributed by atoms with E-state index in [-0.39, 0.29) is 11.2 Å². The first-order chi connectivity index (χ1) is 18.7. The molecule has 1 aliphatic heterocycles. The maximum atomic E-state index is 13.3. The number of piperazine rings is 1. The lowest BCUT2D eigenvalue weighted by Crippen LogP contribution is -2.47. The van der Waals surface area contributed by atoms with E-state index in [1.54, 1.807) is 6.07 Å². The van der Waals surface area contributed by atoms with Gasteiger partial charge in [-0.25, -0.2) is 4.98 Å². The number of nitrogens with zero attached hydrogens (tertiary/aromatic N) is 4. The van der Waals surface area contributed by atoms with Crippen LogP contribution >= 0.6 is 15.9 Å². The first-order valence-corrected chi connectivity index (χ1v) is 13.6. The standard InChI is InChI=1S/C30H27BrN4O3/c31-22-12-10-21(11-13-22)29-30(28(36)23-6-1-4-9-26(23)38-29)37-19-5-14-34-15-17-35(18-16-34)27-20-32-24-7-2-3-8-25(24)33-27/h1-4,6-13,20H,5,14-19H2. The van der Waals surface area contributed by atoms with Gasteiger partial charge in [0, 0.05) is 42.8 Å². The predicted molar refractivity (Wildman–Crippen MR) is 154 cm³/mol. The number of hydrogen-bond acceptors (Lipinski definition) is 7. The Kier molecular flexibility index (Phi) is 7.07. The molecule has 0 saturated carbocycles. The quantitative estimate of drug-likeness (QED) is 0.230. The molecule has 192 valence electrons. The van der Waals surface area contributed by atoms with Crippen LogP contribution in [-0.4, -0.2) is 54.2 Å². The Morgan fingerprint density at radius 2 is 1.63 bits per heavy atom. The second-order valence-corrected chi connectivity index (χ2v) is 10.3. The van der Waals surface area contributed by atoms with E-state index in [0.717, 1.165) is 66.0 Å². The molecule has 38 heavy (non-hydrogen) atoms. The van der Waals surface area contributed by atoms with Crippen molar-refractivity contribution in [1.82, 2.24) is 14.9 Å². The van der Waals surface area contributed by atoms with Crippen molar-refractivity contribution < 1.29 is 9.15 Å². The van der Waals surface area contributed by atoms with Gasteiger partial charge in [-0.05, 0) is 55.0 Å². The molecule has 0 N–H and O–H groups in total. The van der Waals surface area contributed by atoms with Crippen molar-refractivity contribution in [2.75, 3.05) is 44.2 Å². The molecule has 1 aliphatic rings. The number of para-hydroxylation sites is 3. The Balaban J connectivity index is 1.09. The maximum absolute atomic E-state index is 13.3. The minimum atomic E-state index is -0.144. The van der Waals surface area contributed by atoms with Gasteiger partial charge in [-0.2, -0.15) is 0 Å². The number of hydrogen-bond donors (Lipinski definition) is 0. The van der Waals surface area contributed by atoms with Gasteiger partial charge in [-0.15, -0.1) is 0 Å². The Bertz CT molecular complexity index is 1630. The summed E-state index contributed by atoms with van der Waals surface area (Å²) in [6, 6.07) is 22.9. The van der Waals surface area contributed by atoms with E-state index in [4.69, 9.17) is 14.1 Å². The highest BCUT2D eigenvalue weighted by Crippen LogP contribution is 2.31. The second kappa shape index (κ2) is 10.9. The summed E-state index contributed by atoms with van der Waals surface area (Å²) in [5.74, 6) is 1.66. The van der Waals surface area contributed by atoms with Gasteiger partial charge in [0.2, 0.25) is 11.2 Å². The van der Waals surface area contributed by atoms with Gasteiger partial charge in [-0.3, -0.25) is 14.7 Å². The van der Waals surface area contributed by atoms with Gasteiger partial charge in [0.25, 0.3) is 0 Å². The van der Waals surface area contributed by atoms with Crippen LogP contribution in [-0.2, 0) is 0 Å². The summed E-state index contributed by atoms with van der Waals surface area (Å²) in [5.41, 5.74) is 3.05. The predicted octanol–water partition coefficient (Wildman–Crippen LogP) is 5.76. The molecule has 0 amide bonds. The van der Waals surface area contributed by atoms with Crippen LogP contribution in [0.2, 0.25) is 0 Å². The number of ether oxygens (including phenoxy) is 1. The van der Waals surface area contributed by atoms with Crippen molar-refractivity contribution in [2.45, 2.75) is 6.42 Å². The third kappa shape index (κ3) is 5.14. The van der Waals surface area contributed by atoms with Crippen LogP contribution in [0.3, 0.4) is 0 Å². The lowest BCUT2D eigenvalue weighted by atomic mass is 10.1. The molecule has 7 nitrogen and oxygen atoms in total. The number of aromatic nitrogens is 2. The van der Waals surface area contributed by atoms with Gasteiger partial charge in [0.1, 0.15) is 11.4 Å². The number of anilines is 1. The van der Waals surface area contributed by atoms with Crippen LogP contribution in [0.4, 0.5) is 5.82 Å². The van der Waals surface area contributed by atoms with Crippen LogP contribution in [0.1, 0.15) is 6.42 Å². The summed E-state index contributed by atoms with van der Waals surface area (Å²) in [7, 11) is 0. The highest BCUT2D eigenvalue weighted by atomic mass is 79.9. The van der Waals surface area contributed by atoms with Crippen LogP contribution in [0.5, 0.6) is 5.75 Å². The summed E-state index contributed by atoms with van der Waals surface area (Å²) in [6.07, 6.45) is 2.67. The molecular formula is C30H27BrN4O3. The van der Waals surface area contributed by atoms with Gasteiger partial charge in [0.05, 0.1) is 29.2 Å². The molecule has 0 unspecified atom stereocenters. The largest absolute Gasteiger partial charge is 0.486 e. The Hall–Kier alpha value is -3.75. The van der Waals surface area contributed by atoms with Gasteiger partial charge < -0.3 is 14.1 Å². The van der Waals surface area contributed by atoms with Crippen molar-refractivity contribution in [3.8, 4) is 17.1 Å². The van der Waals surface area contributed by atoms with Gasteiger partial charge >= 0.3 is 0 Å². The van der Waals surface area contributed by atoms with Crippen molar-refractivity contribution in [3.63, 3.8) is 0 Å². The van der Waals surface area contributed by atoms with Crippen molar-refractivity contribution in [1.29, 1.82) is 0 Å². The molecule has 2 aromatic heterocycles. The van der Waals surface area contributed by atoms with Crippen molar-refractivity contribution in [2.24, 2.45) is 0 Å². The van der Waals surface area contributed by atoms with Crippen molar-refractivity contribution in [3.05, 3.63) is 93.7 Å². The molecule has 1 saturated heterocycles. The first-order valence-electron chi connectivity index (χ1n) is 12.8. The molecule has 8 heteroatoms. The maximum Gasteiger partial charge on any atom is 0.235 e. The Morgan fingerprint density at radius 1 is 0.895 bits per heavy atom. The number of halogens is 1. The number of benzene rings is 3. The summed E-state index contributed by atoms with van der Waals surface area (Å²) in [4.78, 5) is 27.4. The molecule has 5 aromatic rings. The van der Waals surface area contributed by atoms with Crippen LogP contribution in [0.25, 0.3) is 33.3 Å². The zero-order chi connectivity index (χ0) is 25.9. The van der Waals surface area contributed by atoms with Crippen LogP contribution in [0, 0.1) is 0 Å².